The van der Waals surface area contributed by atoms with Crippen LogP contribution in [0.15, 0.2) is 0 Å². The molecule has 2 aliphatic rings. The summed E-state index contributed by atoms with van der Waals surface area (Å²) in [6, 6.07) is 0. The van der Waals surface area contributed by atoms with Crippen LogP contribution in [-0.2, 0) is 18.1 Å². The quantitative estimate of drug-likeness (QED) is 0.544. The summed E-state index contributed by atoms with van der Waals surface area (Å²) in [5.74, 6) is -1.07. The van der Waals surface area contributed by atoms with Crippen LogP contribution in [0.5, 0.6) is 0 Å². The minimum atomic E-state index is -2.86. The zero-order chi connectivity index (χ0) is 9.64. The molecule has 2 bridgehead atoms. The minimum absolute atomic E-state index is 0.152. The number of rotatable bonds is 1. The third-order valence-corrected chi connectivity index (χ3v) is 4.18. The Hall–Kier alpha value is -0.473. The highest BCUT2D eigenvalue weighted by atomic mass is 28.4. The van der Waals surface area contributed by atoms with Crippen molar-refractivity contribution in [3.63, 3.8) is 0 Å². The number of aliphatic carboxylic acids is 1. The summed E-state index contributed by atoms with van der Waals surface area (Å²) in [7, 11) is -2.86. The molecule has 2 rings (SSSR count). The first-order valence-electron chi connectivity index (χ1n) is 3.94. The topological polar surface area (TPSA) is 85.2 Å². The summed E-state index contributed by atoms with van der Waals surface area (Å²) < 4.78 is 15.5. The van der Waals surface area contributed by atoms with Crippen LogP contribution in [0.2, 0.25) is 6.55 Å². The Kier molecular flexibility index (Phi) is 1.93. The van der Waals surface area contributed by atoms with E-state index in [9.17, 15) is 9.90 Å². The van der Waals surface area contributed by atoms with E-state index in [1.165, 1.54) is 0 Å². The van der Waals surface area contributed by atoms with Crippen LogP contribution < -0.4 is 0 Å². The van der Waals surface area contributed by atoms with Crippen molar-refractivity contribution in [3.05, 3.63) is 0 Å². The standard InChI is InChI=1S/C6H10O6Si/c1-13-10-3(2-4(7)11-13)5(12-13)6(8)9/h3-5,7H,2H2,1H3,(H,8,9). The first-order chi connectivity index (χ1) is 6.00. The first kappa shape index (κ1) is 9.10. The molecular formula is C6H10O6Si. The Morgan fingerprint density at radius 1 is 1.46 bits per heavy atom. The molecule has 0 radical (unpaired) electrons. The van der Waals surface area contributed by atoms with E-state index in [1.807, 2.05) is 0 Å². The van der Waals surface area contributed by atoms with Crippen LogP contribution in [0.4, 0.5) is 0 Å². The molecule has 0 aromatic heterocycles. The van der Waals surface area contributed by atoms with Crippen molar-refractivity contribution in [2.45, 2.75) is 31.5 Å². The normalized spacial score (nSPS) is 49.2. The lowest BCUT2D eigenvalue weighted by Crippen LogP contribution is -2.45. The second kappa shape index (κ2) is 2.76. The lowest BCUT2D eigenvalue weighted by molar-refractivity contribution is -0.146. The molecule has 13 heavy (non-hydrogen) atoms. The Labute approximate surface area is 75.4 Å². The fraction of sp³-hybridized carbons (Fsp3) is 0.833. The number of hydrogen-bond acceptors (Lipinski definition) is 5. The molecule has 2 aliphatic heterocycles. The zero-order valence-corrected chi connectivity index (χ0v) is 7.97. The van der Waals surface area contributed by atoms with Gasteiger partial charge in [-0.15, -0.1) is 0 Å². The van der Waals surface area contributed by atoms with Crippen molar-refractivity contribution in [2.24, 2.45) is 0 Å². The van der Waals surface area contributed by atoms with Gasteiger partial charge in [0, 0.05) is 13.0 Å². The maximum atomic E-state index is 10.7. The Bertz CT molecular complexity index is 245. The van der Waals surface area contributed by atoms with Crippen molar-refractivity contribution < 1.29 is 28.3 Å². The van der Waals surface area contributed by atoms with Crippen LogP contribution in [-0.4, -0.2) is 43.5 Å². The summed E-state index contributed by atoms with van der Waals surface area (Å²) >= 11 is 0. The third-order valence-electron chi connectivity index (χ3n) is 2.07. The first-order valence-corrected chi connectivity index (χ1v) is 6.17. The SMILES string of the molecule is C[Si]12OC(O)CC(O1)C(C(=O)O)O2. The molecule has 0 aromatic carbocycles. The van der Waals surface area contributed by atoms with E-state index in [2.05, 4.69) is 0 Å². The van der Waals surface area contributed by atoms with Crippen LogP contribution in [0.1, 0.15) is 6.42 Å². The summed E-state index contributed by atoms with van der Waals surface area (Å²) in [5.41, 5.74) is 0. The molecule has 7 heteroatoms. The maximum Gasteiger partial charge on any atom is 0.500 e. The molecule has 2 N–H and O–H groups in total. The van der Waals surface area contributed by atoms with Gasteiger partial charge in [0.1, 0.15) is 0 Å². The predicted molar refractivity (Wildman–Crippen MR) is 40.7 cm³/mol. The number of aliphatic hydroxyl groups is 1. The van der Waals surface area contributed by atoms with Crippen molar-refractivity contribution in [2.75, 3.05) is 0 Å². The fourth-order valence-electron chi connectivity index (χ4n) is 1.60. The van der Waals surface area contributed by atoms with Gasteiger partial charge in [-0.25, -0.2) is 4.79 Å². The second-order valence-corrected chi connectivity index (χ2v) is 5.64. The molecule has 0 spiro atoms. The van der Waals surface area contributed by atoms with Crippen molar-refractivity contribution in [3.8, 4) is 0 Å². The molecule has 2 saturated heterocycles. The highest BCUT2D eigenvalue weighted by molar-refractivity contribution is 6.60. The van der Waals surface area contributed by atoms with E-state index in [0.29, 0.717) is 0 Å². The van der Waals surface area contributed by atoms with E-state index in [-0.39, 0.29) is 6.42 Å². The summed E-state index contributed by atoms with van der Waals surface area (Å²) in [5, 5.41) is 18.0. The van der Waals surface area contributed by atoms with Crippen molar-refractivity contribution >= 4 is 14.8 Å². The number of carboxylic acids is 1. The smallest absolute Gasteiger partial charge is 0.479 e. The largest absolute Gasteiger partial charge is 0.500 e. The predicted octanol–water partition coefficient (Wildman–Crippen LogP) is -0.838. The average molecular weight is 206 g/mol. The number of carbonyl (C=O) groups is 1. The van der Waals surface area contributed by atoms with Gasteiger partial charge >= 0.3 is 14.8 Å². The number of hydrogen-bond donors (Lipinski definition) is 2. The summed E-state index contributed by atoms with van der Waals surface area (Å²) in [6.07, 6.45) is -2.37. The third kappa shape index (κ3) is 1.49. The van der Waals surface area contributed by atoms with Gasteiger partial charge in [-0.3, -0.25) is 0 Å². The molecule has 0 amide bonds. The molecule has 2 heterocycles. The van der Waals surface area contributed by atoms with Gasteiger partial charge in [-0.2, -0.15) is 0 Å². The second-order valence-electron chi connectivity index (χ2n) is 3.20. The van der Waals surface area contributed by atoms with Gasteiger partial charge in [0.25, 0.3) is 0 Å². The molecule has 0 aromatic rings. The molecular weight excluding hydrogens is 196 g/mol. The van der Waals surface area contributed by atoms with E-state index < -0.39 is 33.3 Å². The molecule has 4 unspecified atom stereocenters. The van der Waals surface area contributed by atoms with Gasteiger partial charge < -0.3 is 23.5 Å². The summed E-state index contributed by atoms with van der Waals surface area (Å²) in [4.78, 5) is 10.7. The van der Waals surface area contributed by atoms with E-state index in [1.54, 1.807) is 6.55 Å². The lowest BCUT2D eigenvalue weighted by Gasteiger charge is -2.28. The van der Waals surface area contributed by atoms with Crippen LogP contribution in [0.3, 0.4) is 0 Å². The highest BCUT2D eigenvalue weighted by Gasteiger charge is 2.57. The van der Waals surface area contributed by atoms with Crippen LogP contribution in [0.25, 0.3) is 0 Å². The molecule has 4 atom stereocenters. The van der Waals surface area contributed by atoms with Gasteiger partial charge in [-0.1, -0.05) is 0 Å². The van der Waals surface area contributed by atoms with Gasteiger partial charge in [0.15, 0.2) is 12.4 Å². The highest BCUT2D eigenvalue weighted by Crippen LogP contribution is 2.34. The lowest BCUT2D eigenvalue weighted by atomic mass is 10.1. The van der Waals surface area contributed by atoms with E-state index >= 15 is 0 Å². The maximum absolute atomic E-state index is 10.7. The fourth-order valence-corrected chi connectivity index (χ4v) is 3.84. The van der Waals surface area contributed by atoms with Crippen molar-refractivity contribution in [1.82, 2.24) is 0 Å². The van der Waals surface area contributed by atoms with Crippen molar-refractivity contribution in [1.29, 1.82) is 0 Å². The molecule has 0 aliphatic carbocycles. The molecule has 0 saturated carbocycles. The van der Waals surface area contributed by atoms with Gasteiger partial charge in [-0.05, 0) is 0 Å². The molecule has 6 nitrogen and oxygen atoms in total. The summed E-state index contributed by atoms with van der Waals surface area (Å²) in [6.45, 7) is 1.57. The Balaban J connectivity index is 2.18. The zero-order valence-electron chi connectivity index (χ0n) is 6.97. The number of carboxylic acid groups (broad SMARTS) is 1. The average Bonchev–Trinajstić information content (AvgIpc) is 2.20. The van der Waals surface area contributed by atoms with Gasteiger partial charge in [0.05, 0.1) is 6.10 Å². The molecule has 74 valence electrons. The van der Waals surface area contributed by atoms with Gasteiger partial charge in [0.2, 0.25) is 0 Å². The van der Waals surface area contributed by atoms with Crippen LogP contribution >= 0.6 is 0 Å². The van der Waals surface area contributed by atoms with E-state index in [0.717, 1.165) is 0 Å². The Morgan fingerprint density at radius 3 is 2.77 bits per heavy atom. The van der Waals surface area contributed by atoms with E-state index in [4.69, 9.17) is 18.4 Å². The van der Waals surface area contributed by atoms with Crippen LogP contribution in [0, 0.1) is 0 Å². The number of aliphatic hydroxyl groups excluding tert-OH is 1. The molecule has 2 fully saturated rings. The minimum Gasteiger partial charge on any atom is -0.479 e. The monoisotopic (exact) mass is 206 g/mol. The number of fused-ring (bicyclic) bond motifs is 2. The Morgan fingerprint density at radius 2 is 2.15 bits per heavy atom.